The summed E-state index contributed by atoms with van der Waals surface area (Å²) in [6.07, 6.45) is -0.000654. The second kappa shape index (κ2) is 17.9. The number of anilines is 1. The molecule has 2 atom stereocenters. The zero-order chi connectivity index (χ0) is 33.5. The van der Waals surface area contributed by atoms with Crippen LogP contribution in [0.3, 0.4) is 0 Å². The van der Waals surface area contributed by atoms with Gasteiger partial charge in [0.25, 0.3) is 11.8 Å². The molecule has 2 rings (SSSR count). The first-order valence-electron chi connectivity index (χ1n) is 14.5. The zero-order valence-electron chi connectivity index (χ0n) is 25.5. The topological polar surface area (TPSA) is 232 Å². The van der Waals surface area contributed by atoms with Gasteiger partial charge >= 0.3 is 18.0 Å². The lowest BCUT2D eigenvalue weighted by Crippen LogP contribution is -2.54. The highest BCUT2D eigenvalue weighted by atomic mass is 16.7. The number of carbonyl (C=O) groups excluding carboxylic acids is 8. The Balaban J connectivity index is 1.97. The number of amides is 7. The molecule has 1 aliphatic heterocycles. The van der Waals surface area contributed by atoms with Gasteiger partial charge in [0.2, 0.25) is 17.7 Å². The molecule has 0 spiro atoms. The molecule has 6 N–H and O–H groups in total. The lowest BCUT2D eigenvalue weighted by molar-refractivity contribution is -0.197. The normalized spacial score (nSPS) is 13.9. The number of hydrogen-bond acceptors (Lipinski definition) is 10. The maximum absolute atomic E-state index is 13.3. The Bertz CT molecular complexity index is 1250. The first kappa shape index (κ1) is 36.2. The number of benzene rings is 1. The number of hydrogen-bond donors (Lipinski definition) is 5. The Labute approximate surface area is 260 Å². The molecule has 0 unspecified atom stereocenters. The lowest BCUT2D eigenvalue weighted by atomic mass is 10.0. The quantitative estimate of drug-likeness (QED) is 0.0908. The van der Waals surface area contributed by atoms with Crippen molar-refractivity contribution >= 4 is 53.2 Å². The van der Waals surface area contributed by atoms with E-state index in [4.69, 9.17) is 15.3 Å². The SMILES string of the molecule is CC(=O)OCc1ccc(NC(=O)[C@H](CCCNC(N)=O)NC(=O)[C@@H](NC(=O)CCCC(=O)ON2C(=O)CCC2=O)C(C)C)cc1. The van der Waals surface area contributed by atoms with E-state index in [9.17, 15) is 38.4 Å². The molecule has 0 aromatic heterocycles. The first-order valence-corrected chi connectivity index (χ1v) is 14.5. The second-order valence-electron chi connectivity index (χ2n) is 10.6. The fourth-order valence-electron chi connectivity index (χ4n) is 4.13. The molecule has 1 fully saturated rings. The smallest absolute Gasteiger partial charge is 0.333 e. The summed E-state index contributed by atoms with van der Waals surface area (Å²) in [4.78, 5) is 101. The van der Waals surface area contributed by atoms with Gasteiger partial charge in [-0.15, -0.1) is 5.06 Å². The summed E-state index contributed by atoms with van der Waals surface area (Å²) >= 11 is 0. The molecule has 0 aliphatic carbocycles. The van der Waals surface area contributed by atoms with Crippen LogP contribution >= 0.6 is 0 Å². The van der Waals surface area contributed by atoms with Crippen molar-refractivity contribution in [3.63, 3.8) is 0 Å². The molecule has 7 amide bonds. The molecule has 0 bridgehead atoms. The predicted octanol–water partition coefficient (Wildman–Crippen LogP) is 0.540. The number of nitrogens with one attached hydrogen (secondary N) is 4. The van der Waals surface area contributed by atoms with Crippen LogP contribution in [0, 0.1) is 5.92 Å². The highest BCUT2D eigenvalue weighted by Crippen LogP contribution is 2.14. The Kier molecular flexibility index (Phi) is 14.4. The molecule has 0 radical (unpaired) electrons. The molecule has 45 heavy (non-hydrogen) atoms. The van der Waals surface area contributed by atoms with E-state index in [1.54, 1.807) is 38.1 Å². The summed E-state index contributed by atoms with van der Waals surface area (Å²) in [6.45, 7) is 4.93. The molecule has 1 heterocycles. The molecule has 246 valence electrons. The van der Waals surface area contributed by atoms with E-state index in [0.29, 0.717) is 22.7 Å². The van der Waals surface area contributed by atoms with Crippen LogP contribution in [0.15, 0.2) is 24.3 Å². The minimum atomic E-state index is -1.04. The number of imide groups is 1. The van der Waals surface area contributed by atoms with Gasteiger partial charge in [0.05, 0.1) is 0 Å². The van der Waals surface area contributed by atoms with E-state index >= 15 is 0 Å². The number of hydroxylamine groups is 2. The number of esters is 1. The largest absolute Gasteiger partial charge is 0.461 e. The number of carbonyl (C=O) groups is 8. The van der Waals surface area contributed by atoms with Crippen molar-refractivity contribution in [1.29, 1.82) is 0 Å². The van der Waals surface area contributed by atoms with Crippen LogP contribution in [0.1, 0.15) is 71.3 Å². The first-order chi connectivity index (χ1) is 21.3. The Morgan fingerprint density at radius 1 is 0.911 bits per heavy atom. The van der Waals surface area contributed by atoms with Crippen LogP contribution in [0.25, 0.3) is 0 Å². The predicted molar refractivity (Wildman–Crippen MR) is 157 cm³/mol. The average Bonchev–Trinajstić information content (AvgIpc) is 3.28. The van der Waals surface area contributed by atoms with E-state index in [1.165, 1.54) is 6.92 Å². The van der Waals surface area contributed by atoms with Crippen molar-refractivity contribution in [3.8, 4) is 0 Å². The van der Waals surface area contributed by atoms with E-state index < -0.39 is 59.6 Å². The van der Waals surface area contributed by atoms with Gasteiger partial charge in [0.15, 0.2) is 0 Å². The fraction of sp³-hybridized carbons (Fsp3) is 0.517. The highest BCUT2D eigenvalue weighted by molar-refractivity contribution is 6.01. The van der Waals surface area contributed by atoms with Crippen molar-refractivity contribution in [3.05, 3.63) is 29.8 Å². The van der Waals surface area contributed by atoms with Crippen LogP contribution < -0.4 is 27.0 Å². The van der Waals surface area contributed by atoms with Crippen LogP contribution in [0.4, 0.5) is 10.5 Å². The maximum atomic E-state index is 13.3. The number of urea groups is 1. The van der Waals surface area contributed by atoms with Crippen molar-refractivity contribution in [1.82, 2.24) is 21.0 Å². The zero-order valence-corrected chi connectivity index (χ0v) is 25.5. The molecular formula is C29H40N6O10. The summed E-state index contributed by atoms with van der Waals surface area (Å²) in [5.74, 6) is -4.57. The summed E-state index contributed by atoms with van der Waals surface area (Å²) in [5.41, 5.74) is 6.23. The molecule has 16 nitrogen and oxygen atoms in total. The second-order valence-corrected chi connectivity index (χ2v) is 10.6. The minimum absolute atomic E-state index is 0.0326. The standard InChI is InChI=1S/C29H40N6O10/c1-17(2)26(34-22(37)7-4-8-25(40)45-35-23(38)13-14-24(35)39)28(42)33-21(6-5-15-31-29(30)43)27(41)32-20-11-9-19(10-12-20)16-44-18(3)36/h9-12,17,21,26H,4-8,13-16H2,1-3H3,(H,32,41)(H,33,42)(H,34,37)(H3,30,31,43)/t21-,26-/m0/s1. The third kappa shape index (κ3) is 13.0. The van der Waals surface area contributed by atoms with Gasteiger partial charge in [-0.25, -0.2) is 9.59 Å². The van der Waals surface area contributed by atoms with Crippen LogP contribution in [0.2, 0.25) is 0 Å². The molecular weight excluding hydrogens is 592 g/mol. The summed E-state index contributed by atoms with van der Waals surface area (Å²) in [5, 5.41) is 10.9. The Morgan fingerprint density at radius 3 is 2.13 bits per heavy atom. The van der Waals surface area contributed by atoms with E-state index in [0.717, 1.165) is 0 Å². The number of primary amides is 1. The van der Waals surface area contributed by atoms with Gasteiger partial charge in [-0.05, 0) is 42.9 Å². The Hall–Kier alpha value is -5.02. The molecule has 1 aliphatic rings. The number of rotatable bonds is 17. The van der Waals surface area contributed by atoms with Gasteiger partial charge in [0, 0.05) is 44.8 Å². The molecule has 1 saturated heterocycles. The molecule has 16 heteroatoms. The monoisotopic (exact) mass is 632 g/mol. The van der Waals surface area contributed by atoms with E-state index in [1.807, 2.05) is 0 Å². The highest BCUT2D eigenvalue weighted by Gasteiger charge is 2.33. The van der Waals surface area contributed by atoms with Gasteiger partial charge in [-0.1, -0.05) is 26.0 Å². The molecule has 1 aromatic carbocycles. The lowest BCUT2D eigenvalue weighted by Gasteiger charge is -2.25. The number of nitrogens with zero attached hydrogens (tertiary/aromatic N) is 1. The van der Waals surface area contributed by atoms with Crippen molar-refractivity contribution in [2.75, 3.05) is 11.9 Å². The average molecular weight is 633 g/mol. The van der Waals surface area contributed by atoms with E-state index in [-0.39, 0.29) is 57.6 Å². The van der Waals surface area contributed by atoms with Crippen LogP contribution in [-0.2, 0) is 49.7 Å². The molecule has 1 aromatic rings. The maximum Gasteiger partial charge on any atom is 0.333 e. The van der Waals surface area contributed by atoms with Crippen molar-refractivity contribution in [2.24, 2.45) is 11.7 Å². The van der Waals surface area contributed by atoms with Crippen LogP contribution in [-0.4, -0.2) is 71.2 Å². The van der Waals surface area contributed by atoms with Gasteiger partial charge in [0.1, 0.15) is 18.7 Å². The third-order valence-corrected chi connectivity index (χ3v) is 6.51. The number of nitrogens with two attached hydrogens (primary N) is 1. The Morgan fingerprint density at radius 2 is 1.56 bits per heavy atom. The molecule has 0 saturated carbocycles. The fourth-order valence-corrected chi connectivity index (χ4v) is 4.13. The van der Waals surface area contributed by atoms with Crippen molar-refractivity contribution < 1.29 is 47.9 Å². The number of ether oxygens (including phenoxy) is 1. The van der Waals surface area contributed by atoms with Gasteiger partial charge in [-0.3, -0.25) is 28.8 Å². The third-order valence-electron chi connectivity index (χ3n) is 6.51. The van der Waals surface area contributed by atoms with Crippen molar-refractivity contribution in [2.45, 2.75) is 84.4 Å². The van der Waals surface area contributed by atoms with E-state index in [2.05, 4.69) is 21.3 Å². The van der Waals surface area contributed by atoms with Crippen LogP contribution in [0.5, 0.6) is 0 Å². The van der Waals surface area contributed by atoms with Gasteiger partial charge < -0.3 is 36.6 Å². The summed E-state index contributed by atoms with van der Waals surface area (Å²) < 4.78 is 4.95. The van der Waals surface area contributed by atoms with Gasteiger partial charge in [-0.2, -0.15) is 0 Å². The summed E-state index contributed by atoms with van der Waals surface area (Å²) in [7, 11) is 0. The summed E-state index contributed by atoms with van der Waals surface area (Å²) in [6, 6.07) is 3.75. The minimum Gasteiger partial charge on any atom is -0.461 e.